The third-order valence-electron chi connectivity index (χ3n) is 9.33. The molecule has 2 fully saturated rings. The van der Waals surface area contributed by atoms with Crippen molar-refractivity contribution in [3.8, 4) is 23.1 Å². The normalized spacial score (nSPS) is 16.9. The molecule has 6 rings (SSSR count). The van der Waals surface area contributed by atoms with Gasteiger partial charge in [-0.05, 0) is 67.0 Å². The first-order chi connectivity index (χ1) is 23.9. The van der Waals surface area contributed by atoms with Crippen LogP contribution in [0.4, 0.5) is 5.69 Å². The summed E-state index contributed by atoms with van der Waals surface area (Å²) >= 11 is 0. The predicted octanol–water partition coefficient (Wildman–Crippen LogP) is 5.16. The summed E-state index contributed by atoms with van der Waals surface area (Å²) in [6.07, 6.45) is 2.72. The third-order valence-corrected chi connectivity index (χ3v) is 9.33. The Balaban J connectivity index is 1.21. The fourth-order valence-electron chi connectivity index (χ4n) is 6.52. The summed E-state index contributed by atoms with van der Waals surface area (Å²) in [6.45, 7) is 15.2. The number of benzene rings is 3. The number of hydrogen-bond donors (Lipinski definition) is 1. The molecule has 3 heterocycles. The Hall–Kier alpha value is -4.83. The highest BCUT2D eigenvalue weighted by Gasteiger charge is 2.34. The molecule has 1 amide bonds. The maximum absolute atomic E-state index is 13.8. The van der Waals surface area contributed by atoms with Gasteiger partial charge in [0.1, 0.15) is 13.2 Å². The standard InChI is InChI=1S/C37H42BN7O4/c1-27-30(14-10-16-32(27)29-12-5-4-6-13-29)26-49-37-41-34(40-36(42-37)48-25-28-11-9-15-31(23-28)39-3)24-44-18-8-7-17-33(44)35(46)43-19-21-45(22-20-43)38(2)47/h4-6,9-16,23,33,47H,7-8,17-22,24-26H2,1-2H3. The Labute approximate surface area is 288 Å². The van der Waals surface area contributed by atoms with Gasteiger partial charge in [0, 0.05) is 26.2 Å². The lowest BCUT2D eigenvalue weighted by Gasteiger charge is -2.41. The van der Waals surface area contributed by atoms with Crippen LogP contribution >= 0.6 is 0 Å². The lowest BCUT2D eigenvalue weighted by atomic mass is 9.84. The molecule has 2 saturated heterocycles. The number of piperidine rings is 1. The van der Waals surface area contributed by atoms with Gasteiger partial charge in [0.25, 0.3) is 0 Å². The monoisotopic (exact) mass is 659 g/mol. The number of hydrogen-bond acceptors (Lipinski definition) is 9. The van der Waals surface area contributed by atoms with Crippen LogP contribution < -0.4 is 9.47 Å². The smallest absolute Gasteiger partial charge is 0.376 e. The molecule has 12 heteroatoms. The van der Waals surface area contributed by atoms with Crippen LogP contribution in [0.3, 0.4) is 0 Å². The zero-order valence-corrected chi connectivity index (χ0v) is 28.2. The van der Waals surface area contributed by atoms with Crippen molar-refractivity contribution in [3.05, 3.63) is 107 Å². The van der Waals surface area contributed by atoms with Gasteiger partial charge in [0.2, 0.25) is 5.91 Å². The van der Waals surface area contributed by atoms with E-state index in [-0.39, 0.29) is 37.2 Å². The van der Waals surface area contributed by atoms with Crippen molar-refractivity contribution in [3.63, 3.8) is 0 Å². The van der Waals surface area contributed by atoms with Crippen molar-refractivity contribution in [1.82, 2.24) is 29.6 Å². The zero-order chi connectivity index (χ0) is 34.2. The van der Waals surface area contributed by atoms with Crippen molar-refractivity contribution < 1.29 is 19.3 Å². The van der Waals surface area contributed by atoms with Gasteiger partial charge in [0.15, 0.2) is 11.5 Å². The molecule has 252 valence electrons. The van der Waals surface area contributed by atoms with E-state index in [2.05, 4.69) is 44.8 Å². The first-order valence-electron chi connectivity index (χ1n) is 16.9. The number of piperazine rings is 1. The van der Waals surface area contributed by atoms with Crippen molar-refractivity contribution in [1.29, 1.82) is 0 Å². The molecule has 11 nitrogen and oxygen atoms in total. The summed E-state index contributed by atoms with van der Waals surface area (Å²) in [4.78, 5) is 37.2. The van der Waals surface area contributed by atoms with Gasteiger partial charge in [-0.1, -0.05) is 73.2 Å². The van der Waals surface area contributed by atoms with E-state index < -0.39 is 7.05 Å². The SMILES string of the molecule is [C-]#[N+]c1cccc(COc2nc(CN3CCCCC3C(=O)N3CCN(B(C)O)CC3)nc(OCc3cccc(-c4ccccc4)c3C)n2)c1. The van der Waals surface area contributed by atoms with Crippen LogP contribution in [-0.2, 0) is 24.6 Å². The van der Waals surface area contributed by atoms with Crippen molar-refractivity contribution in [2.45, 2.75) is 58.8 Å². The van der Waals surface area contributed by atoms with Gasteiger partial charge < -0.3 is 24.2 Å². The Bertz CT molecular complexity index is 1780. The summed E-state index contributed by atoms with van der Waals surface area (Å²) in [5, 5.41) is 9.97. The van der Waals surface area contributed by atoms with E-state index in [0.717, 1.165) is 53.6 Å². The van der Waals surface area contributed by atoms with Gasteiger partial charge in [-0.25, -0.2) is 4.85 Å². The summed E-state index contributed by atoms with van der Waals surface area (Å²) in [5.41, 5.74) is 5.75. The van der Waals surface area contributed by atoms with Crippen LogP contribution in [-0.4, -0.2) is 86.3 Å². The number of likely N-dealkylation sites (tertiary alicyclic amines) is 1. The molecule has 1 atom stereocenters. The summed E-state index contributed by atoms with van der Waals surface area (Å²) in [5.74, 6) is 0.573. The molecule has 49 heavy (non-hydrogen) atoms. The van der Waals surface area contributed by atoms with Crippen molar-refractivity contribution in [2.24, 2.45) is 0 Å². The molecule has 0 radical (unpaired) electrons. The second-order valence-electron chi connectivity index (χ2n) is 12.6. The maximum atomic E-state index is 13.8. The number of carbonyl (C=O) groups is 1. The van der Waals surface area contributed by atoms with Gasteiger partial charge in [0.05, 0.1) is 19.2 Å². The molecule has 0 aliphatic carbocycles. The minimum Gasteiger partial charge on any atom is -0.458 e. The second kappa shape index (κ2) is 16.0. The van der Waals surface area contributed by atoms with E-state index in [0.29, 0.717) is 44.2 Å². The zero-order valence-electron chi connectivity index (χ0n) is 28.2. The minimum atomic E-state index is -0.520. The molecule has 0 bridgehead atoms. The highest BCUT2D eigenvalue weighted by molar-refractivity contribution is 6.45. The van der Waals surface area contributed by atoms with E-state index >= 15 is 0 Å². The lowest BCUT2D eigenvalue weighted by Crippen LogP contribution is -2.57. The Morgan fingerprint density at radius 2 is 1.65 bits per heavy atom. The average molecular weight is 660 g/mol. The molecule has 0 saturated carbocycles. The van der Waals surface area contributed by atoms with Crippen LogP contribution in [0.15, 0.2) is 72.8 Å². The number of aromatic nitrogens is 3. The van der Waals surface area contributed by atoms with Crippen LogP contribution in [0, 0.1) is 13.5 Å². The molecule has 2 aliphatic heterocycles. The molecular weight excluding hydrogens is 617 g/mol. The van der Waals surface area contributed by atoms with E-state index in [1.165, 1.54) is 0 Å². The fraction of sp³-hybridized carbons (Fsp3) is 0.378. The first kappa shape index (κ1) is 34.1. The maximum Gasteiger partial charge on any atom is 0.376 e. The highest BCUT2D eigenvalue weighted by Crippen LogP contribution is 2.27. The minimum absolute atomic E-state index is 0.111. The molecule has 1 unspecified atom stereocenters. The van der Waals surface area contributed by atoms with Gasteiger partial charge >= 0.3 is 19.1 Å². The van der Waals surface area contributed by atoms with Crippen molar-refractivity contribution in [2.75, 3.05) is 32.7 Å². The Morgan fingerprint density at radius 3 is 2.39 bits per heavy atom. The molecule has 3 aromatic carbocycles. The fourth-order valence-corrected chi connectivity index (χ4v) is 6.52. The summed E-state index contributed by atoms with van der Waals surface area (Å²) in [6, 6.07) is 23.7. The Morgan fingerprint density at radius 1 is 0.918 bits per heavy atom. The molecule has 2 aliphatic rings. The number of ether oxygens (including phenoxy) is 2. The second-order valence-corrected chi connectivity index (χ2v) is 12.6. The van der Waals surface area contributed by atoms with Gasteiger partial charge in [-0.15, -0.1) is 4.98 Å². The van der Waals surface area contributed by atoms with Crippen LogP contribution in [0.1, 0.15) is 41.8 Å². The topological polar surface area (TPSA) is 109 Å². The predicted molar refractivity (Wildman–Crippen MR) is 188 cm³/mol. The molecule has 1 aromatic heterocycles. The lowest BCUT2D eigenvalue weighted by molar-refractivity contribution is -0.140. The quantitative estimate of drug-likeness (QED) is 0.173. The average Bonchev–Trinajstić information content (AvgIpc) is 3.14. The first-order valence-corrected chi connectivity index (χ1v) is 16.9. The number of amides is 1. The molecule has 1 N–H and O–H groups in total. The third kappa shape index (κ3) is 8.62. The molecule has 0 spiro atoms. The molecular formula is C37H42BN7O4. The van der Waals surface area contributed by atoms with Crippen LogP contribution in [0.5, 0.6) is 12.0 Å². The summed E-state index contributed by atoms with van der Waals surface area (Å²) < 4.78 is 12.3. The highest BCUT2D eigenvalue weighted by atomic mass is 16.5. The number of rotatable bonds is 11. The van der Waals surface area contributed by atoms with Crippen molar-refractivity contribution >= 4 is 18.6 Å². The van der Waals surface area contributed by atoms with E-state index in [1.54, 1.807) is 19.0 Å². The van der Waals surface area contributed by atoms with Crippen LogP contribution in [0.2, 0.25) is 6.82 Å². The molecule has 4 aromatic rings. The van der Waals surface area contributed by atoms with E-state index in [4.69, 9.17) is 21.0 Å². The summed E-state index contributed by atoms with van der Waals surface area (Å²) in [7, 11) is -0.520. The number of nitrogens with zero attached hydrogens (tertiary/aromatic N) is 7. The van der Waals surface area contributed by atoms with Gasteiger partial charge in [-0.3, -0.25) is 9.69 Å². The van der Waals surface area contributed by atoms with E-state index in [1.807, 2.05) is 52.2 Å². The Kier molecular flexibility index (Phi) is 11.2. The van der Waals surface area contributed by atoms with Crippen LogP contribution in [0.25, 0.3) is 16.0 Å². The van der Waals surface area contributed by atoms with E-state index in [9.17, 15) is 9.82 Å². The number of carbonyl (C=O) groups excluding carboxylic acids is 1. The largest absolute Gasteiger partial charge is 0.458 e. The van der Waals surface area contributed by atoms with Gasteiger partial charge in [-0.2, -0.15) is 9.97 Å².